The van der Waals surface area contributed by atoms with Gasteiger partial charge in [0, 0.05) is 12.4 Å². The topological polar surface area (TPSA) is 153 Å². The van der Waals surface area contributed by atoms with E-state index in [4.69, 9.17) is 19.6 Å². The molecule has 0 amide bonds. The van der Waals surface area contributed by atoms with Crippen LogP contribution in [0.4, 0.5) is 0 Å². The van der Waals surface area contributed by atoms with Gasteiger partial charge in [-0.2, -0.15) is 0 Å². The Hall–Kier alpha value is -1.05. The molecule has 0 unspecified atom stereocenters. The molecule has 0 atom stereocenters. The summed E-state index contributed by atoms with van der Waals surface area (Å²) >= 11 is 0. The average molecular weight is 308 g/mol. The van der Waals surface area contributed by atoms with Crippen molar-refractivity contribution in [3.8, 4) is 0 Å². The molecule has 0 aliphatic rings. The molecule has 19 heavy (non-hydrogen) atoms. The molecule has 0 aliphatic heterocycles. The number of imidazole rings is 1. The second kappa shape index (κ2) is 4.22. The van der Waals surface area contributed by atoms with Crippen molar-refractivity contribution in [2.24, 2.45) is 0 Å². The Morgan fingerprint density at radius 3 is 2.16 bits per heavy atom. The Morgan fingerprint density at radius 1 is 1.11 bits per heavy atom. The van der Waals surface area contributed by atoms with Gasteiger partial charge >= 0.3 is 20.3 Å². The minimum atomic E-state index is -5.57. The first-order valence-corrected chi connectivity index (χ1v) is 8.08. The second-order valence-electron chi connectivity index (χ2n) is 3.82. The van der Waals surface area contributed by atoms with Gasteiger partial charge < -0.3 is 29.1 Å². The molecule has 104 valence electrons. The van der Waals surface area contributed by atoms with Crippen molar-refractivity contribution in [1.29, 1.82) is 0 Å². The quantitative estimate of drug-likeness (QED) is 0.488. The molecule has 0 radical (unpaired) electrons. The van der Waals surface area contributed by atoms with Gasteiger partial charge in [-0.05, 0) is 12.1 Å². The van der Waals surface area contributed by atoms with Gasteiger partial charge in [-0.15, -0.1) is 0 Å². The molecule has 2 rings (SSSR count). The Bertz CT molecular complexity index is 660. The first-order valence-electron chi connectivity index (χ1n) is 4.85. The molecule has 0 spiro atoms. The van der Waals surface area contributed by atoms with E-state index < -0.39 is 26.0 Å². The van der Waals surface area contributed by atoms with Crippen molar-refractivity contribution in [3.63, 3.8) is 0 Å². The number of rotatable bonds is 3. The highest BCUT2D eigenvalue weighted by atomic mass is 31.2. The number of fused-ring (bicyclic) bond motifs is 1. The highest BCUT2D eigenvalue weighted by Gasteiger charge is 2.62. The summed E-state index contributed by atoms with van der Waals surface area (Å²) in [6.07, 6.45) is 2.40. The molecule has 0 fully saturated rings. The van der Waals surface area contributed by atoms with E-state index in [9.17, 15) is 14.2 Å². The van der Waals surface area contributed by atoms with Crippen molar-refractivity contribution in [2.75, 3.05) is 0 Å². The molecule has 0 saturated heterocycles. The van der Waals surface area contributed by atoms with Crippen LogP contribution in [0, 0.1) is 0 Å². The number of nitrogens with zero attached hydrogens (tertiary/aromatic N) is 2. The van der Waals surface area contributed by atoms with Crippen LogP contribution in [0.25, 0.3) is 5.65 Å². The molecule has 9 nitrogen and oxygen atoms in total. The zero-order chi connectivity index (χ0) is 14.5. The number of hydrogen-bond acceptors (Lipinski definition) is 4. The summed E-state index contributed by atoms with van der Waals surface area (Å²) in [6, 6.07) is 4.59. The Labute approximate surface area is 106 Å². The SMILES string of the molecule is O=P(O)(O)C(O)(c1cn2ccccc2n1)P(=O)(O)O. The summed E-state index contributed by atoms with van der Waals surface area (Å²) in [5.74, 6) is 0. The lowest BCUT2D eigenvalue weighted by atomic mass is 10.5. The van der Waals surface area contributed by atoms with Gasteiger partial charge in [0.2, 0.25) is 0 Å². The third kappa shape index (κ3) is 2.15. The molecule has 2 aromatic rings. The van der Waals surface area contributed by atoms with E-state index in [-0.39, 0.29) is 5.65 Å². The van der Waals surface area contributed by atoms with Gasteiger partial charge in [-0.25, -0.2) is 4.98 Å². The highest BCUT2D eigenvalue weighted by Crippen LogP contribution is 2.72. The zero-order valence-corrected chi connectivity index (χ0v) is 11.0. The van der Waals surface area contributed by atoms with Crippen molar-refractivity contribution in [2.45, 2.75) is 5.08 Å². The molecule has 11 heteroatoms. The number of pyridine rings is 1. The summed E-state index contributed by atoms with van der Waals surface area (Å²) < 4.78 is 23.8. The minimum Gasteiger partial charge on any atom is -0.363 e. The Morgan fingerprint density at radius 2 is 1.68 bits per heavy atom. The number of aliphatic hydroxyl groups is 1. The van der Waals surface area contributed by atoms with Crippen LogP contribution in [-0.4, -0.2) is 34.1 Å². The molecule has 0 saturated carbocycles. The van der Waals surface area contributed by atoms with Crippen LogP contribution in [-0.2, 0) is 14.2 Å². The monoisotopic (exact) mass is 308 g/mol. The number of aromatic nitrogens is 2. The van der Waals surface area contributed by atoms with Crippen LogP contribution in [0.3, 0.4) is 0 Å². The summed E-state index contributed by atoms with van der Waals surface area (Å²) in [6.45, 7) is 0. The van der Waals surface area contributed by atoms with Crippen molar-refractivity contribution in [1.82, 2.24) is 9.38 Å². The third-order valence-electron chi connectivity index (χ3n) is 2.52. The molecule has 5 N–H and O–H groups in total. The average Bonchev–Trinajstić information content (AvgIpc) is 2.68. The van der Waals surface area contributed by atoms with Crippen LogP contribution in [0.2, 0.25) is 0 Å². The first kappa shape index (κ1) is 14.4. The zero-order valence-electron chi connectivity index (χ0n) is 9.23. The van der Waals surface area contributed by atoms with E-state index >= 15 is 0 Å². The molecule has 2 aromatic heterocycles. The highest BCUT2D eigenvalue weighted by molar-refractivity contribution is 7.71. The van der Waals surface area contributed by atoms with Gasteiger partial charge in [0.1, 0.15) is 11.3 Å². The van der Waals surface area contributed by atoms with E-state index in [0.29, 0.717) is 0 Å². The van der Waals surface area contributed by atoms with E-state index in [1.54, 1.807) is 12.1 Å². The standard InChI is InChI=1S/C8H10N2O7P2/c11-8(18(12,13)14,19(15,16)17)6-5-10-4-2-1-3-7(10)9-6/h1-5,11H,(H2,12,13,14)(H2,15,16,17). The third-order valence-corrected chi connectivity index (χ3v) is 6.17. The summed E-state index contributed by atoms with van der Waals surface area (Å²) in [5.41, 5.74) is -0.613. The minimum absolute atomic E-state index is 0.179. The van der Waals surface area contributed by atoms with E-state index in [1.807, 2.05) is 0 Å². The smallest absolute Gasteiger partial charge is 0.363 e. The van der Waals surface area contributed by atoms with Crippen LogP contribution in [0.1, 0.15) is 5.69 Å². The fourth-order valence-electron chi connectivity index (χ4n) is 1.56. The van der Waals surface area contributed by atoms with Crippen molar-refractivity contribution >= 4 is 20.8 Å². The lowest BCUT2D eigenvalue weighted by Gasteiger charge is -2.27. The predicted octanol–water partition coefficient (Wildman–Crippen LogP) is -0.208. The van der Waals surface area contributed by atoms with Crippen molar-refractivity contribution in [3.05, 3.63) is 36.3 Å². The molecule has 2 heterocycles. The molecular weight excluding hydrogens is 298 g/mol. The fraction of sp³-hybridized carbons (Fsp3) is 0.125. The van der Waals surface area contributed by atoms with E-state index in [2.05, 4.69) is 4.98 Å². The maximum absolute atomic E-state index is 11.3. The number of hydrogen-bond donors (Lipinski definition) is 5. The Kier molecular flexibility index (Phi) is 3.19. The lowest BCUT2D eigenvalue weighted by molar-refractivity contribution is 0.128. The van der Waals surface area contributed by atoms with Crippen LogP contribution in [0.15, 0.2) is 30.6 Å². The van der Waals surface area contributed by atoms with E-state index in [0.717, 1.165) is 6.20 Å². The van der Waals surface area contributed by atoms with Crippen LogP contribution in [0.5, 0.6) is 0 Å². The summed E-state index contributed by atoms with van der Waals surface area (Å²) in [5, 5.41) is 6.19. The first-order chi connectivity index (χ1) is 8.57. The van der Waals surface area contributed by atoms with Crippen LogP contribution >= 0.6 is 15.2 Å². The molecule has 0 bridgehead atoms. The van der Waals surface area contributed by atoms with Gasteiger partial charge in [-0.3, -0.25) is 9.13 Å². The van der Waals surface area contributed by atoms with Crippen LogP contribution < -0.4 is 0 Å². The van der Waals surface area contributed by atoms with Gasteiger partial charge in [0.15, 0.2) is 0 Å². The van der Waals surface area contributed by atoms with Gasteiger partial charge in [0.25, 0.3) is 0 Å². The largest absolute Gasteiger partial charge is 0.375 e. The van der Waals surface area contributed by atoms with E-state index in [1.165, 1.54) is 16.7 Å². The lowest BCUT2D eigenvalue weighted by Crippen LogP contribution is -2.26. The molecular formula is C8H10N2O7P2. The fourth-order valence-corrected chi connectivity index (χ4v) is 3.73. The molecule has 0 aromatic carbocycles. The van der Waals surface area contributed by atoms with Crippen molar-refractivity contribution < 1.29 is 33.8 Å². The van der Waals surface area contributed by atoms with Gasteiger partial charge in [-0.1, -0.05) is 6.07 Å². The molecule has 0 aliphatic carbocycles. The Balaban J connectivity index is 2.76. The maximum atomic E-state index is 11.3. The second-order valence-corrected chi connectivity index (χ2v) is 7.64. The summed E-state index contributed by atoms with van der Waals surface area (Å²) in [7, 11) is -11.1. The normalized spacial score (nSPS) is 13.9. The predicted molar refractivity (Wildman–Crippen MR) is 63.2 cm³/mol. The summed E-state index contributed by atoms with van der Waals surface area (Å²) in [4.78, 5) is 39.9. The maximum Gasteiger partial charge on any atom is 0.375 e. The van der Waals surface area contributed by atoms with Gasteiger partial charge in [0.05, 0.1) is 0 Å².